The Morgan fingerprint density at radius 1 is 1.20 bits per heavy atom. The molecule has 1 saturated heterocycles. The fourth-order valence-corrected chi connectivity index (χ4v) is 8.39. The average Bonchev–Trinajstić information content (AvgIpc) is 3.35. The number of carbonyl (C=O) groups excluding carboxylic acids is 3. The summed E-state index contributed by atoms with van der Waals surface area (Å²) in [5.74, 6) is 2.64. The third-order valence-corrected chi connectivity index (χ3v) is 10.4. The Morgan fingerprint density at radius 2 is 1.96 bits per heavy atom. The van der Waals surface area contributed by atoms with E-state index < -0.39 is 18.2 Å². The van der Waals surface area contributed by atoms with Crippen molar-refractivity contribution in [1.82, 2.24) is 15.1 Å². The number of likely N-dealkylation sites (tertiary alicyclic amines) is 1. The number of nitrogens with one attached hydrogen (secondary N) is 1. The highest BCUT2D eigenvalue weighted by Gasteiger charge is 2.67. The molecule has 10 heteroatoms. The first-order valence-corrected chi connectivity index (χ1v) is 16.2. The number of methoxy groups -OCH3 is 1. The van der Waals surface area contributed by atoms with Crippen molar-refractivity contribution in [2.24, 2.45) is 17.6 Å². The van der Waals surface area contributed by atoms with Gasteiger partial charge in [-0.1, -0.05) is 32.0 Å². The van der Waals surface area contributed by atoms with E-state index >= 15 is 0 Å². The monoisotopic (exact) mass is 618 g/mol. The molecule has 3 N–H and O–H groups in total. The number of Topliss-reactive ketones (excluding diaryl/α,β-unsaturated/α-hetero) is 1. The van der Waals surface area contributed by atoms with Gasteiger partial charge >= 0.3 is 6.09 Å². The van der Waals surface area contributed by atoms with Gasteiger partial charge in [-0.25, -0.2) is 4.79 Å². The summed E-state index contributed by atoms with van der Waals surface area (Å²) in [4.78, 5) is 42.1. The molecule has 1 saturated carbocycles. The van der Waals surface area contributed by atoms with Gasteiger partial charge in [-0.05, 0) is 73.8 Å². The maximum Gasteiger partial charge on any atom is 0.415 e. The van der Waals surface area contributed by atoms with Gasteiger partial charge in [0.15, 0.2) is 23.4 Å². The Hall–Kier alpha value is -3.63. The maximum absolute atomic E-state index is 13.2. The molecule has 45 heavy (non-hydrogen) atoms. The van der Waals surface area contributed by atoms with Gasteiger partial charge in [0, 0.05) is 56.2 Å². The minimum absolute atomic E-state index is 0.211. The molecular weight excluding hydrogens is 572 g/mol. The second-order valence-electron chi connectivity index (χ2n) is 13.7. The SMILES string of the molecule is COc1ccc2c3c1O[C@H]1C(=O)CC[C@H]4[C@H](C2)N(Cc2ccc(OC(=O)N(C)CCNC(=O)[C@@H](N)CC(C)C)cc2)[C@H](C)C[C@]314. The highest BCUT2D eigenvalue weighted by atomic mass is 16.6. The third kappa shape index (κ3) is 5.56. The number of piperidine rings is 1. The van der Waals surface area contributed by atoms with Gasteiger partial charge in [0.05, 0.1) is 13.2 Å². The minimum Gasteiger partial charge on any atom is -0.493 e. The van der Waals surface area contributed by atoms with Crippen molar-refractivity contribution in [3.8, 4) is 17.2 Å². The van der Waals surface area contributed by atoms with E-state index in [4.69, 9.17) is 19.9 Å². The number of ether oxygens (including phenoxy) is 3. The zero-order valence-electron chi connectivity index (χ0n) is 27.0. The van der Waals surface area contributed by atoms with Crippen LogP contribution in [0, 0.1) is 11.8 Å². The van der Waals surface area contributed by atoms with Crippen LogP contribution in [0.3, 0.4) is 0 Å². The van der Waals surface area contributed by atoms with E-state index in [0.717, 1.165) is 42.9 Å². The number of hydrogen-bond donors (Lipinski definition) is 2. The van der Waals surface area contributed by atoms with Crippen LogP contribution < -0.4 is 25.3 Å². The van der Waals surface area contributed by atoms with Gasteiger partial charge in [0.25, 0.3) is 0 Å². The molecule has 242 valence electrons. The van der Waals surface area contributed by atoms with Gasteiger partial charge in [0.1, 0.15) is 5.75 Å². The van der Waals surface area contributed by atoms with Gasteiger partial charge < -0.3 is 30.2 Å². The van der Waals surface area contributed by atoms with E-state index in [-0.39, 0.29) is 23.1 Å². The summed E-state index contributed by atoms with van der Waals surface area (Å²) in [5.41, 5.74) is 9.27. The molecule has 0 radical (unpaired) electrons. The predicted octanol–water partition coefficient (Wildman–Crippen LogP) is 3.81. The number of nitrogens with zero attached hydrogens (tertiary/aromatic N) is 2. The first-order chi connectivity index (χ1) is 21.5. The summed E-state index contributed by atoms with van der Waals surface area (Å²) in [5, 5.41) is 2.79. The number of hydrogen-bond acceptors (Lipinski definition) is 8. The third-order valence-electron chi connectivity index (χ3n) is 10.4. The molecule has 2 aliphatic heterocycles. The fraction of sp³-hybridized carbons (Fsp3) is 0.571. The lowest BCUT2D eigenvalue weighted by Crippen LogP contribution is -2.68. The quantitative estimate of drug-likeness (QED) is 0.412. The minimum atomic E-state index is -0.554. The topological polar surface area (TPSA) is 123 Å². The molecule has 2 aliphatic carbocycles. The molecule has 10 nitrogen and oxygen atoms in total. The summed E-state index contributed by atoms with van der Waals surface area (Å²) in [6.07, 6.45) is 2.89. The fourth-order valence-electron chi connectivity index (χ4n) is 8.39. The van der Waals surface area contributed by atoms with Crippen molar-refractivity contribution in [3.05, 3.63) is 53.1 Å². The number of likely N-dealkylation sites (N-methyl/N-ethyl adjacent to an activating group) is 1. The lowest BCUT2D eigenvalue weighted by molar-refractivity contribution is -0.141. The summed E-state index contributed by atoms with van der Waals surface area (Å²) in [6, 6.07) is 11.8. The van der Waals surface area contributed by atoms with Crippen molar-refractivity contribution >= 4 is 17.8 Å². The Balaban J connectivity index is 1.09. The number of amides is 2. The second kappa shape index (κ2) is 12.3. The van der Waals surface area contributed by atoms with Crippen LogP contribution in [-0.4, -0.2) is 79.1 Å². The smallest absolute Gasteiger partial charge is 0.415 e. The maximum atomic E-state index is 13.2. The van der Waals surface area contributed by atoms with Crippen LogP contribution >= 0.6 is 0 Å². The predicted molar refractivity (Wildman–Crippen MR) is 169 cm³/mol. The van der Waals surface area contributed by atoms with Crippen LogP contribution in [0.5, 0.6) is 17.2 Å². The normalized spacial score (nSPS) is 27.0. The molecule has 0 unspecified atom stereocenters. The van der Waals surface area contributed by atoms with Crippen molar-refractivity contribution in [2.75, 3.05) is 27.2 Å². The van der Waals surface area contributed by atoms with Crippen molar-refractivity contribution < 1.29 is 28.6 Å². The molecule has 2 bridgehead atoms. The van der Waals surface area contributed by atoms with Crippen LogP contribution in [0.2, 0.25) is 0 Å². The largest absolute Gasteiger partial charge is 0.493 e. The van der Waals surface area contributed by atoms with Crippen molar-refractivity contribution in [2.45, 2.75) is 89.1 Å². The number of benzene rings is 2. The van der Waals surface area contributed by atoms with E-state index in [2.05, 4.69) is 23.2 Å². The molecule has 2 aromatic rings. The summed E-state index contributed by atoms with van der Waals surface area (Å²) in [7, 11) is 3.30. The number of carbonyl (C=O) groups is 3. The van der Waals surface area contributed by atoms with Crippen LogP contribution in [0.15, 0.2) is 36.4 Å². The zero-order chi connectivity index (χ0) is 32.0. The molecule has 2 amide bonds. The van der Waals surface area contributed by atoms with Crippen LogP contribution in [0.1, 0.15) is 63.1 Å². The molecule has 6 rings (SSSR count). The highest BCUT2D eigenvalue weighted by Crippen LogP contribution is 2.64. The number of rotatable bonds is 10. The molecule has 1 spiro atoms. The van der Waals surface area contributed by atoms with E-state index in [1.54, 1.807) is 14.2 Å². The molecule has 2 heterocycles. The van der Waals surface area contributed by atoms with Gasteiger partial charge in [-0.2, -0.15) is 0 Å². The molecule has 6 atom stereocenters. The average molecular weight is 619 g/mol. The summed E-state index contributed by atoms with van der Waals surface area (Å²) < 4.78 is 17.7. The van der Waals surface area contributed by atoms with Crippen LogP contribution in [0.4, 0.5) is 4.79 Å². The lowest BCUT2D eigenvalue weighted by atomic mass is 9.50. The first kappa shape index (κ1) is 31.4. The van der Waals surface area contributed by atoms with Gasteiger partial charge in [0.2, 0.25) is 5.91 Å². The molecule has 0 aromatic heterocycles. The first-order valence-electron chi connectivity index (χ1n) is 16.2. The Labute approximate surface area is 265 Å². The van der Waals surface area contributed by atoms with Crippen LogP contribution in [0.25, 0.3) is 0 Å². The number of ketones is 1. The summed E-state index contributed by atoms with van der Waals surface area (Å²) in [6.45, 7) is 7.68. The Bertz CT molecular complexity index is 1460. The molecule has 2 aromatic carbocycles. The molecular formula is C35H46N4O6. The Kier molecular flexibility index (Phi) is 8.56. The number of nitrogens with two attached hydrogens (primary N) is 1. The van der Waals surface area contributed by atoms with Gasteiger partial charge in [-0.15, -0.1) is 0 Å². The van der Waals surface area contributed by atoms with Crippen molar-refractivity contribution in [3.63, 3.8) is 0 Å². The standard InChI is InChI=1S/C35H46N4O6/c1-20(2)16-26(36)33(41)37-14-15-38(4)34(42)44-24-9-6-22(7-10-24)19-39-21(3)18-35-25-11-12-28(40)32(35)45-31-29(43-5)13-8-23(30(31)35)17-27(25)39/h6-10,13,20-21,25-27,32H,11-12,14-19,36H2,1-5H3,(H,37,41)/t21-,25+,26+,27+,32+,35+/m1/s1. The van der Waals surface area contributed by atoms with E-state index in [1.165, 1.54) is 16.0 Å². The van der Waals surface area contributed by atoms with Gasteiger partial charge in [-0.3, -0.25) is 14.5 Å². The molecule has 4 aliphatic rings. The van der Waals surface area contributed by atoms with Crippen molar-refractivity contribution in [1.29, 1.82) is 0 Å². The Morgan fingerprint density at radius 3 is 2.67 bits per heavy atom. The van der Waals surface area contributed by atoms with E-state index in [9.17, 15) is 14.4 Å². The van der Waals surface area contributed by atoms with E-state index in [1.807, 2.05) is 44.2 Å². The van der Waals surface area contributed by atoms with E-state index in [0.29, 0.717) is 49.6 Å². The second-order valence-corrected chi connectivity index (χ2v) is 13.7. The summed E-state index contributed by atoms with van der Waals surface area (Å²) >= 11 is 0. The van der Waals surface area contributed by atoms with Crippen LogP contribution in [-0.2, 0) is 28.0 Å². The highest BCUT2D eigenvalue weighted by molar-refractivity contribution is 5.89. The molecule has 2 fully saturated rings. The zero-order valence-corrected chi connectivity index (χ0v) is 27.0. The lowest BCUT2D eigenvalue weighted by Gasteiger charge is -2.60.